The summed E-state index contributed by atoms with van der Waals surface area (Å²) in [6, 6.07) is 8.24. The van der Waals surface area contributed by atoms with Crippen LogP contribution in [0.15, 0.2) is 41.7 Å². The highest BCUT2D eigenvalue weighted by molar-refractivity contribution is 6.01. The molecule has 0 saturated carbocycles. The lowest BCUT2D eigenvalue weighted by molar-refractivity contribution is 0.319. The van der Waals surface area contributed by atoms with Gasteiger partial charge in [-0.05, 0) is 25.1 Å². The van der Waals surface area contributed by atoms with Crippen LogP contribution >= 0.6 is 0 Å². The van der Waals surface area contributed by atoms with Crippen LogP contribution < -0.4 is 4.90 Å². The maximum Gasteiger partial charge on any atom is 0.101 e. The molecule has 1 aliphatic heterocycles. The summed E-state index contributed by atoms with van der Waals surface area (Å²) in [5.41, 5.74) is 3.05. The van der Waals surface area contributed by atoms with Gasteiger partial charge in [-0.25, -0.2) is 0 Å². The number of nitrogens with zero attached hydrogens (tertiary/aromatic N) is 2. The van der Waals surface area contributed by atoms with Gasteiger partial charge in [0.25, 0.3) is 0 Å². The predicted octanol–water partition coefficient (Wildman–Crippen LogP) is 2.16. The summed E-state index contributed by atoms with van der Waals surface area (Å²) in [5, 5.41) is 11.8. The highest BCUT2D eigenvalue weighted by Gasteiger charge is 2.11. The van der Waals surface area contributed by atoms with Gasteiger partial charge < -0.3 is 10.1 Å². The summed E-state index contributed by atoms with van der Waals surface area (Å²) >= 11 is 0. The molecule has 3 nitrogen and oxygen atoms in total. The number of rotatable bonds is 1. The Hall–Kier alpha value is -1.77. The van der Waals surface area contributed by atoms with E-state index in [2.05, 4.69) is 36.3 Å². The third-order valence-electron chi connectivity index (χ3n) is 2.27. The van der Waals surface area contributed by atoms with Crippen LogP contribution in [0, 0.1) is 6.92 Å². The quantitative estimate of drug-likeness (QED) is 0.541. The summed E-state index contributed by atoms with van der Waals surface area (Å²) < 4.78 is 0. The number of oxime groups is 1. The van der Waals surface area contributed by atoms with E-state index < -0.39 is 0 Å². The van der Waals surface area contributed by atoms with Crippen molar-refractivity contribution in [2.24, 2.45) is 5.16 Å². The van der Waals surface area contributed by atoms with Gasteiger partial charge >= 0.3 is 0 Å². The van der Waals surface area contributed by atoms with Crippen LogP contribution in [-0.2, 0) is 0 Å². The first-order valence-corrected chi connectivity index (χ1v) is 4.52. The number of benzene rings is 1. The molecule has 0 aromatic heterocycles. The van der Waals surface area contributed by atoms with E-state index in [-0.39, 0.29) is 0 Å². The molecule has 0 amide bonds. The van der Waals surface area contributed by atoms with E-state index in [4.69, 9.17) is 5.21 Å². The van der Waals surface area contributed by atoms with Crippen LogP contribution in [0.25, 0.3) is 0 Å². The molecule has 3 heteroatoms. The number of aryl methyl sites for hydroxylation is 1. The maximum atomic E-state index is 8.58. The smallest absolute Gasteiger partial charge is 0.101 e. The summed E-state index contributed by atoms with van der Waals surface area (Å²) in [6.45, 7) is 2.70. The van der Waals surface area contributed by atoms with Crippen LogP contribution in [0.4, 0.5) is 5.69 Å². The molecule has 0 spiro atoms. The van der Waals surface area contributed by atoms with Crippen LogP contribution in [0.1, 0.15) is 5.56 Å². The molecule has 2 rings (SSSR count). The highest BCUT2D eigenvalue weighted by Crippen LogP contribution is 2.18. The van der Waals surface area contributed by atoms with Gasteiger partial charge in [0.05, 0.1) is 6.54 Å². The van der Waals surface area contributed by atoms with E-state index in [1.807, 2.05) is 11.1 Å². The molecule has 1 aromatic rings. The van der Waals surface area contributed by atoms with Crippen molar-refractivity contribution in [3.8, 4) is 0 Å². The Labute approximate surface area is 83.0 Å². The lowest BCUT2D eigenvalue weighted by atomic mass is 10.2. The minimum absolute atomic E-state index is 0.638. The highest BCUT2D eigenvalue weighted by atomic mass is 16.4. The molecule has 0 atom stereocenters. The normalized spacial score (nSPS) is 18.1. The minimum atomic E-state index is 0.638. The van der Waals surface area contributed by atoms with Crippen molar-refractivity contribution >= 4 is 11.4 Å². The fraction of sp³-hybridized carbons (Fsp3) is 0.182. The Morgan fingerprint density at radius 2 is 2.00 bits per heavy atom. The molecular weight excluding hydrogens is 176 g/mol. The van der Waals surface area contributed by atoms with Crippen molar-refractivity contribution in [3.63, 3.8) is 0 Å². The minimum Gasteiger partial charge on any atom is -0.411 e. The molecule has 1 heterocycles. The number of hydrogen-bond donors (Lipinski definition) is 1. The fourth-order valence-electron chi connectivity index (χ4n) is 1.43. The summed E-state index contributed by atoms with van der Waals surface area (Å²) in [5.74, 6) is 0. The fourth-order valence-corrected chi connectivity index (χ4v) is 1.43. The molecule has 1 aliphatic rings. The van der Waals surface area contributed by atoms with Crippen molar-refractivity contribution in [2.75, 3.05) is 11.4 Å². The Morgan fingerprint density at radius 1 is 1.29 bits per heavy atom. The van der Waals surface area contributed by atoms with Gasteiger partial charge in [0.15, 0.2) is 0 Å². The SMILES string of the molecule is Cc1ccc(N2C=CC(=NO)C2)cc1. The van der Waals surface area contributed by atoms with E-state index >= 15 is 0 Å². The second-order valence-electron chi connectivity index (χ2n) is 3.37. The van der Waals surface area contributed by atoms with Gasteiger partial charge in [-0.1, -0.05) is 22.9 Å². The average molecular weight is 188 g/mol. The first-order chi connectivity index (χ1) is 6.79. The van der Waals surface area contributed by atoms with E-state index in [0.29, 0.717) is 12.3 Å². The van der Waals surface area contributed by atoms with Gasteiger partial charge in [0.1, 0.15) is 5.71 Å². The lowest BCUT2D eigenvalue weighted by Gasteiger charge is -2.14. The topological polar surface area (TPSA) is 35.8 Å². The van der Waals surface area contributed by atoms with E-state index in [1.165, 1.54) is 5.56 Å². The monoisotopic (exact) mass is 188 g/mol. The van der Waals surface area contributed by atoms with Gasteiger partial charge in [-0.2, -0.15) is 0 Å². The van der Waals surface area contributed by atoms with Crippen LogP contribution in [0.2, 0.25) is 0 Å². The zero-order valence-electron chi connectivity index (χ0n) is 8.01. The zero-order valence-corrected chi connectivity index (χ0v) is 8.01. The third-order valence-corrected chi connectivity index (χ3v) is 2.27. The van der Waals surface area contributed by atoms with Gasteiger partial charge in [-0.15, -0.1) is 0 Å². The zero-order chi connectivity index (χ0) is 9.97. The summed E-state index contributed by atoms with van der Waals surface area (Å²) in [4.78, 5) is 2.04. The molecule has 1 N–H and O–H groups in total. The van der Waals surface area contributed by atoms with Crippen molar-refractivity contribution < 1.29 is 5.21 Å². The average Bonchev–Trinajstić information content (AvgIpc) is 2.67. The molecule has 0 unspecified atom stereocenters. The van der Waals surface area contributed by atoms with Crippen molar-refractivity contribution in [1.29, 1.82) is 0 Å². The molecular formula is C11H12N2O. The second-order valence-corrected chi connectivity index (χ2v) is 3.37. The Balaban J connectivity index is 2.18. The molecule has 0 radical (unpaired) electrons. The van der Waals surface area contributed by atoms with Crippen molar-refractivity contribution in [2.45, 2.75) is 6.92 Å². The Kier molecular flexibility index (Phi) is 2.23. The summed E-state index contributed by atoms with van der Waals surface area (Å²) in [7, 11) is 0. The van der Waals surface area contributed by atoms with Crippen LogP contribution in [0.3, 0.4) is 0 Å². The molecule has 1 aromatic carbocycles. The first-order valence-electron chi connectivity index (χ1n) is 4.52. The number of hydrogen-bond acceptors (Lipinski definition) is 3. The summed E-state index contributed by atoms with van der Waals surface area (Å²) in [6.07, 6.45) is 3.72. The van der Waals surface area contributed by atoms with Gasteiger partial charge in [0.2, 0.25) is 0 Å². The number of anilines is 1. The second kappa shape index (κ2) is 3.54. The predicted molar refractivity (Wildman–Crippen MR) is 56.9 cm³/mol. The standard InChI is InChI=1S/C11H12N2O/c1-9-2-4-11(5-3-9)13-7-6-10(8-13)12-14/h2-7,14H,8H2,1H3. The van der Waals surface area contributed by atoms with E-state index in [0.717, 1.165) is 5.69 Å². The molecule has 0 bridgehead atoms. The molecule has 0 saturated heterocycles. The third kappa shape index (κ3) is 1.62. The largest absolute Gasteiger partial charge is 0.411 e. The van der Waals surface area contributed by atoms with E-state index in [9.17, 15) is 0 Å². The lowest BCUT2D eigenvalue weighted by Crippen LogP contribution is -2.16. The Morgan fingerprint density at radius 3 is 2.57 bits per heavy atom. The van der Waals surface area contributed by atoms with Gasteiger partial charge in [0, 0.05) is 11.9 Å². The van der Waals surface area contributed by atoms with Crippen molar-refractivity contribution in [1.82, 2.24) is 0 Å². The van der Waals surface area contributed by atoms with E-state index in [1.54, 1.807) is 6.08 Å². The van der Waals surface area contributed by atoms with Crippen LogP contribution in [-0.4, -0.2) is 17.5 Å². The Bertz CT molecular complexity index is 379. The first kappa shape index (κ1) is 8.81. The van der Waals surface area contributed by atoms with Gasteiger partial charge in [-0.3, -0.25) is 0 Å². The molecule has 14 heavy (non-hydrogen) atoms. The molecule has 0 aliphatic carbocycles. The molecule has 0 fully saturated rings. The van der Waals surface area contributed by atoms with Crippen LogP contribution in [0.5, 0.6) is 0 Å². The van der Waals surface area contributed by atoms with Crippen molar-refractivity contribution in [3.05, 3.63) is 42.1 Å². The maximum absolute atomic E-state index is 8.58. The molecule has 72 valence electrons.